The molecule has 1 saturated heterocycles. The smallest absolute Gasteiger partial charge is 0.156 e. The van der Waals surface area contributed by atoms with Gasteiger partial charge in [0, 0.05) is 11.6 Å². The van der Waals surface area contributed by atoms with E-state index in [1.165, 1.54) is 12.8 Å². The van der Waals surface area contributed by atoms with Gasteiger partial charge < -0.3 is 5.32 Å². The van der Waals surface area contributed by atoms with Crippen molar-refractivity contribution in [1.82, 2.24) is 10.3 Å². The maximum absolute atomic E-state index is 11.8. The number of nitrogens with one attached hydrogen (secondary N) is 1. The number of ketones is 1. The first kappa shape index (κ1) is 9.80. The fourth-order valence-corrected chi connectivity index (χ4v) is 2.37. The quantitative estimate of drug-likeness (QED) is 0.820. The molecule has 1 N–H and O–H groups in total. The molecule has 1 aliphatic heterocycles. The first-order chi connectivity index (χ1) is 6.86. The number of rotatable bonds is 3. The van der Waals surface area contributed by atoms with E-state index >= 15 is 0 Å². The lowest BCUT2D eigenvalue weighted by molar-refractivity contribution is -0.120. The number of thiazole rings is 1. The van der Waals surface area contributed by atoms with Crippen molar-refractivity contribution in [3.05, 3.63) is 16.6 Å². The van der Waals surface area contributed by atoms with Gasteiger partial charge in [0.2, 0.25) is 0 Å². The predicted molar refractivity (Wildman–Crippen MR) is 56.5 cm³/mol. The second-order valence-corrected chi connectivity index (χ2v) is 4.55. The molecule has 76 valence electrons. The van der Waals surface area contributed by atoms with Crippen LogP contribution in [0.5, 0.6) is 0 Å². The minimum absolute atomic E-state index is 0.0765. The summed E-state index contributed by atoms with van der Waals surface area (Å²) in [5, 5.41) is 6.10. The molecular formula is C10H14N2OS. The molecule has 2 rings (SSSR count). The van der Waals surface area contributed by atoms with Crippen LogP contribution in [0.15, 0.2) is 11.6 Å². The molecular weight excluding hydrogens is 196 g/mol. The third-order valence-electron chi connectivity index (χ3n) is 2.51. The summed E-state index contributed by atoms with van der Waals surface area (Å²) in [5.74, 6) is 0.291. The minimum atomic E-state index is 0.0765. The van der Waals surface area contributed by atoms with Crippen molar-refractivity contribution in [2.45, 2.75) is 31.7 Å². The van der Waals surface area contributed by atoms with Crippen molar-refractivity contribution in [1.29, 1.82) is 0 Å². The summed E-state index contributed by atoms with van der Waals surface area (Å²) in [6.45, 7) is 0.980. The number of carbonyl (C=O) groups is 1. The number of Topliss-reactive ketones (excluding diaryl/α,β-unsaturated/α-hetero) is 1. The normalized spacial score (nSPS) is 22.1. The third kappa shape index (κ3) is 2.39. The Kier molecular flexibility index (Phi) is 3.26. The Bertz CT molecular complexity index is 291. The molecule has 0 aliphatic carbocycles. The Labute approximate surface area is 87.6 Å². The number of aromatic nitrogens is 1. The molecule has 0 saturated carbocycles. The molecule has 1 unspecified atom stereocenters. The topological polar surface area (TPSA) is 42.0 Å². The maximum Gasteiger partial charge on any atom is 0.156 e. The molecule has 0 aromatic carbocycles. The SMILES string of the molecule is O=C(Cc1nccs1)C1CCCCN1. The van der Waals surface area contributed by atoms with Gasteiger partial charge in [0.05, 0.1) is 17.5 Å². The maximum atomic E-state index is 11.8. The summed E-state index contributed by atoms with van der Waals surface area (Å²) in [6.07, 6.45) is 5.60. The fourth-order valence-electron chi connectivity index (χ4n) is 1.74. The molecule has 0 spiro atoms. The summed E-state index contributed by atoms with van der Waals surface area (Å²) in [7, 11) is 0. The highest BCUT2D eigenvalue weighted by Gasteiger charge is 2.20. The van der Waals surface area contributed by atoms with Gasteiger partial charge in [-0.25, -0.2) is 4.98 Å². The van der Waals surface area contributed by atoms with Gasteiger partial charge in [0.1, 0.15) is 0 Å². The van der Waals surface area contributed by atoms with Gasteiger partial charge in [0.25, 0.3) is 0 Å². The van der Waals surface area contributed by atoms with E-state index in [1.54, 1.807) is 17.5 Å². The van der Waals surface area contributed by atoms with Gasteiger partial charge in [-0.1, -0.05) is 6.42 Å². The molecule has 1 atom stereocenters. The van der Waals surface area contributed by atoms with E-state index in [9.17, 15) is 4.79 Å². The molecule has 2 heterocycles. The van der Waals surface area contributed by atoms with Gasteiger partial charge in [-0.3, -0.25) is 4.79 Å². The van der Waals surface area contributed by atoms with Crippen molar-refractivity contribution in [3.8, 4) is 0 Å². The van der Waals surface area contributed by atoms with Crippen LogP contribution in [0.25, 0.3) is 0 Å². The average Bonchev–Trinajstić information content (AvgIpc) is 2.72. The molecule has 14 heavy (non-hydrogen) atoms. The van der Waals surface area contributed by atoms with E-state index in [2.05, 4.69) is 10.3 Å². The molecule has 1 fully saturated rings. The van der Waals surface area contributed by atoms with E-state index in [0.717, 1.165) is 18.0 Å². The highest BCUT2D eigenvalue weighted by Crippen LogP contribution is 2.12. The van der Waals surface area contributed by atoms with E-state index in [-0.39, 0.29) is 6.04 Å². The lowest BCUT2D eigenvalue weighted by atomic mass is 10.00. The van der Waals surface area contributed by atoms with Crippen LogP contribution in [0, 0.1) is 0 Å². The summed E-state index contributed by atoms with van der Waals surface area (Å²) >= 11 is 1.56. The van der Waals surface area contributed by atoms with Crippen molar-refractivity contribution < 1.29 is 4.79 Å². The summed E-state index contributed by atoms with van der Waals surface area (Å²) in [5.41, 5.74) is 0. The zero-order valence-electron chi connectivity index (χ0n) is 8.03. The number of piperidine rings is 1. The second kappa shape index (κ2) is 4.66. The van der Waals surface area contributed by atoms with Crippen LogP contribution in [-0.4, -0.2) is 23.4 Å². The second-order valence-electron chi connectivity index (χ2n) is 3.57. The number of carbonyl (C=O) groups excluding carboxylic acids is 1. The first-order valence-corrected chi connectivity index (χ1v) is 5.89. The highest BCUT2D eigenvalue weighted by atomic mass is 32.1. The molecule has 0 bridgehead atoms. The summed E-state index contributed by atoms with van der Waals surface area (Å²) in [4.78, 5) is 15.9. The zero-order chi connectivity index (χ0) is 9.80. The Balaban J connectivity index is 1.88. The van der Waals surface area contributed by atoms with E-state index < -0.39 is 0 Å². The number of nitrogens with zero attached hydrogens (tertiary/aromatic N) is 1. The van der Waals surface area contributed by atoms with Crippen LogP contribution in [0.4, 0.5) is 0 Å². The van der Waals surface area contributed by atoms with Crippen molar-refractivity contribution >= 4 is 17.1 Å². The highest BCUT2D eigenvalue weighted by molar-refractivity contribution is 7.09. The average molecular weight is 210 g/mol. The van der Waals surface area contributed by atoms with Crippen LogP contribution in [0.3, 0.4) is 0 Å². The van der Waals surface area contributed by atoms with Crippen molar-refractivity contribution in [3.63, 3.8) is 0 Å². The molecule has 1 aromatic heterocycles. The zero-order valence-corrected chi connectivity index (χ0v) is 8.85. The van der Waals surface area contributed by atoms with E-state index in [1.807, 2.05) is 5.38 Å². The summed E-state index contributed by atoms with van der Waals surface area (Å²) < 4.78 is 0. The van der Waals surface area contributed by atoms with Crippen LogP contribution >= 0.6 is 11.3 Å². The molecule has 0 amide bonds. The van der Waals surface area contributed by atoms with E-state index in [0.29, 0.717) is 12.2 Å². The van der Waals surface area contributed by atoms with Gasteiger partial charge >= 0.3 is 0 Å². The van der Waals surface area contributed by atoms with Crippen LogP contribution in [0.1, 0.15) is 24.3 Å². The largest absolute Gasteiger partial charge is 0.307 e. The van der Waals surface area contributed by atoms with Crippen LogP contribution in [0.2, 0.25) is 0 Å². The molecule has 1 aromatic rings. The predicted octanol–water partition coefficient (Wildman–Crippen LogP) is 1.40. The molecule has 0 radical (unpaired) electrons. The Morgan fingerprint density at radius 1 is 1.64 bits per heavy atom. The fraction of sp³-hybridized carbons (Fsp3) is 0.600. The van der Waals surface area contributed by atoms with Gasteiger partial charge in [-0.05, 0) is 19.4 Å². The van der Waals surface area contributed by atoms with Crippen LogP contribution < -0.4 is 5.32 Å². The minimum Gasteiger partial charge on any atom is -0.307 e. The van der Waals surface area contributed by atoms with Gasteiger partial charge in [0.15, 0.2) is 5.78 Å². The Hall–Kier alpha value is -0.740. The lowest BCUT2D eigenvalue weighted by Crippen LogP contribution is -2.41. The lowest BCUT2D eigenvalue weighted by Gasteiger charge is -2.21. The Morgan fingerprint density at radius 3 is 3.21 bits per heavy atom. The van der Waals surface area contributed by atoms with E-state index in [4.69, 9.17) is 0 Å². The number of hydrogen-bond acceptors (Lipinski definition) is 4. The molecule has 4 heteroatoms. The van der Waals surface area contributed by atoms with Crippen molar-refractivity contribution in [2.24, 2.45) is 0 Å². The first-order valence-electron chi connectivity index (χ1n) is 5.01. The van der Waals surface area contributed by atoms with Crippen molar-refractivity contribution in [2.75, 3.05) is 6.54 Å². The van der Waals surface area contributed by atoms with Crippen LogP contribution in [-0.2, 0) is 11.2 Å². The monoisotopic (exact) mass is 210 g/mol. The van der Waals surface area contributed by atoms with Gasteiger partial charge in [-0.15, -0.1) is 11.3 Å². The standard InChI is InChI=1S/C10H14N2OS/c13-9(7-10-12-5-6-14-10)8-3-1-2-4-11-8/h5-6,8,11H,1-4,7H2. The van der Waals surface area contributed by atoms with Gasteiger partial charge in [-0.2, -0.15) is 0 Å². The molecule has 3 nitrogen and oxygen atoms in total. The summed E-state index contributed by atoms with van der Waals surface area (Å²) in [6, 6.07) is 0.0765. The number of hydrogen-bond donors (Lipinski definition) is 1. The Morgan fingerprint density at radius 2 is 2.57 bits per heavy atom. The molecule has 1 aliphatic rings. The third-order valence-corrected chi connectivity index (χ3v) is 3.29.